The van der Waals surface area contributed by atoms with Crippen LogP contribution in [0.4, 0.5) is 5.13 Å². The summed E-state index contributed by atoms with van der Waals surface area (Å²) in [6.45, 7) is 2.16. The van der Waals surface area contributed by atoms with E-state index >= 15 is 0 Å². The zero-order valence-electron chi connectivity index (χ0n) is 11.3. The van der Waals surface area contributed by atoms with Crippen molar-refractivity contribution in [3.63, 3.8) is 0 Å². The highest BCUT2D eigenvalue weighted by atomic mass is 32.1. The van der Waals surface area contributed by atoms with Crippen LogP contribution in [0.5, 0.6) is 0 Å². The van der Waals surface area contributed by atoms with E-state index in [4.69, 9.17) is 5.73 Å². The van der Waals surface area contributed by atoms with Crippen LogP contribution in [0.15, 0.2) is 30.6 Å². The molecule has 0 spiro atoms. The minimum Gasteiger partial charge on any atom is -0.375 e. The van der Waals surface area contributed by atoms with E-state index in [2.05, 4.69) is 34.0 Å². The van der Waals surface area contributed by atoms with E-state index in [-0.39, 0.29) is 0 Å². The number of nitrogens with two attached hydrogens (primary N) is 1. The fraction of sp³-hybridized carbons (Fsp3) is 0.267. The summed E-state index contributed by atoms with van der Waals surface area (Å²) in [6.07, 6.45) is 6.36. The van der Waals surface area contributed by atoms with Crippen LogP contribution in [-0.2, 0) is 12.8 Å². The molecule has 0 fully saturated rings. The van der Waals surface area contributed by atoms with Crippen molar-refractivity contribution in [1.29, 1.82) is 0 Å². The Bertz CT molecular complexity index is 736. The van der Waals surface area contributed by atoms with Crippen molar-refractivity contribution in [2.45, 2.75) is 26.2 Å². The Kier molecular flexibility index (Phi) is 3.60. The van der Waals surface area contributed by atoms with Gasteiger partial charge in [0.05, 0.1) is 16.7 Å². The molecule has 2 heterocycles. The van der Waals surface area contributed by atoms with Gasteiger partial charge < -0.3 is 5.73 Å². The van der Waals surface area contributed by atoms with E-state index in [0.29, 0.717) is 5.13 Å². The molecule has 3 aromatic rings. The average molecular weight is 284 g/mol. The van der Waals surface area contributed by atoms with Crippen molar-refractivity contribution >= 4 is 27.5 Å². The van der Waals surface area contributed by atoms with Crippen LogP contribution < -0.4 is 5.73 Å². The number of hydrogen-bond acceptors (Lipinski definition) is 5. The lowest BCUT2D eigenvalue weighted by atomic mass is 10.1. The molecular weight excluding hydrogens is 268 g/mol. The number of anilines is 1. The first-order valence-electron chi connectivity index (χ1n) is 6.70. The van der Waals surface area contributed by atoms with E-state index in [1.165, 1.54) is 10.4 Å². The normalized spacial score (nSPS) is 11.1. The third kappa shape index (κ3) is 2.63. The van der Waals surface area contributed by atoms with Crippen LogP contribution in [0.3, 0.4) is 0 Å². The van der Waals surface area contributed by atoms with E-state index in [0.717, 1.165) is 36.0 Å². The molecule has 1 aromatic carbocycles. The number of benzene rings is 1. The minimum absolute atomic E-state index is 0.657. The summed E-state index contributed by atoms with van der Waals surface area (Å²) in [5.74, 6) is 0. The predicted octanol–water partition coefficient (Wildman–Crippen LogP) is 3.21. The number of thiazole rings is 1. The van der Waals surface area contributed by atoms with Gasteiger partial charge in [0.25, 0.3) is 0 Å². The number of hydrogen-bond donors (Lipinski definition) is 1. The zero-order chi connectivity index (χ0) is 13.9. The number of aromatic nitrogens is 3. The second-order valence-electron chi connectivity index (χ2n) is 4.73. The largest absolute Gasteiger partial charge is 0.375 e. The van der Waals surface area contributed by atoms with Crippen LogP contribution in [0, 0.1) is 0 Å². The summed E-state index contributed by atoms with van der Waals surface area (Å²) in [5.41, 5.74) is 10.0. The quantitative estimate of drug-likeness (QED) is 0.799. The van der Waals surface area contributed by atoms with E-state index < -0.39 is 0 Å². The lowest BCUT2D eigenvalue weighted by Gasteiger charge is -2.03. The van der Waals surface area contributed by atoms with Gasteiger partial charge >= 0.3 is 0 Å². The number of nitrogen functional groups attached to an aromatic ring is 1. The predicted molar refractivity (Wildman–Crippen MR) is 82.9 cm³/mol. The van der Waals surface area contributed by atoms with Gasteiger partial charge in [-0.1, -0.05) is 19.4 Å². The van der Waals surface area contributed by atoms with Crippen molar-refractivity contribution in [2.75, 3.05) is 5.73 Å². The molecule has 0 radical (unpaired) electrons. The van der Waals surface area contributed by atoms with Crippen molar-refractivity contribution < 1.29 is 0 Å². The molecule has 0 aliphatic heterocycles. The van der Waals surface area contributed by atoms with Crippen LogP contribution in [0.2, 0.25) is 0 Å². The maximum Gasteiger partial charge on any atom is 0.180 e. The zero-order valence-corrected chi connectivity index (χ0v) is 12.2. The Balaban J connectivity index is 1.92. The van der Waals surface area contributed by atoms with Crippen molar-refractivity contribution in [1.82, 2.24) is 15.0 Å². The van der Waals surface area contributed by atoms with Crippen LogP contribution in [0.1, 0.15) is 29.5 Å². The summed E-state index contributed by atoms with van der Waals surface area (Å²) in [7, 11) is 0. The summed E-state index contributed by atoms with van der Waals surface area (Å²) in [6, 6.07) is 6.21. The minimum atomic E-state index is 0.657. The van der Waals surface area contributed by atoms with Gasteiger partial charge in [-0.05, 0) is 24.1 Å². The maximum atomic E-state index is 5.84. The van der Waals surface area contributed by atoms with Gasteiger partial charge in [-0.3, -0.25) is 9.97 Å². The van der Waals surface area contributed by atoms with Gasteiger partial charge in [0.15, 0.2) is 5.13 Å². The SMILES string of the molecule is CCCc1nc(N)sc1Cc1ccc2nccnc2c1. The Morgan fingerprint density at radius 3 is 2.75 bits per heavy atom. The Morgan fingerprint density at radius 2 is 1.95 bits per heavy atom. The van der Waals surface area contributed by atoms with Gasteiger partial charge in [-0.2, -0.15) is 0 Å². The van der Waals surface area contributed by atoms with Crippen molar-refractivity contribution in [3.05, 3.63) is 46.7 Å². The van der Waals surface area contributed by atoms with Gasteiger partial charge in [0, 0.05) is 23.7 Å². The van der Waals surface area contributed by atoms with E-state index in [9.17, 15) is 0 Å². The molecule has 0 saturated carbocycles. The lowest BCUT2D eigenvalue weighted by Crippen LogP contribution is -1.93. The first-order chi connectivity index (χ1) is 9.76. The maximum absolute atomic E-state index is 5.84. The van der Waals surface area contributed by atoms with E-state index in [1.54, 1.807) is 23.7 Å². The fourth-order valence-electron chi connectivity index (χ4n) is 2.28. The third-order valence-corrected chi connectivity index (χ3v) is 4.11. The highest BCUT2D eigenvalue weighted by Crippen LogP contribution is 2.25. The van der Waals surface area contributed by atoms with E-state index in [1.807, 2.05) is 6.07 Å². The third-order valence-electron chi connectivity index (χ3n) is 3.18. The molecule has 5 heteroatoms. The first-order valence-corrected chi connectivity index (χ1v) is 7.51. The molecule has 0 amide bonds. The van der Waals surface area contributed by atoms with Gasteiger partial charge in [0.1, 0.15) is 0 Å². The Morgan fingerprint density at radius 1 is 1.15 bits per heavy atom. The number of nitrogens with zero attached hydrogens (tertiary/aromatic N) is 3. The van der Waals surface area contributed by atoms with Crippen molar-refractivity contribution in [2.24, 2.45) is 0 Å². The van der Waals surface area contributed by atoms with Crippen LogP contribution >= 0.6 is 11.3 Å². The highest BCUT2D eigenvalue weighted by Gasteiger charge is 2.10. The standard InChI is InChI=1S/C15H16N4S/c1-2-3-12-14(20-15(16)19-12)9-10-4-5-11-13(8-10)18-7-6-17-11/h4-8H,2-3,9H2,1H3,(H2,16,19). The highest BCUT2D eigenvalue weighted by molar-refractivity contribution is 7.15. The topological polar surface area (TPSA) is 64.7 Å². The molecule has 2 aromatic heterocycles. The van der Waals surface area contributed by atoms with Crippen molar-refractivity contribution in [3.8, 4) is 0 Å². The van der Waals surface area contributed by atoms with Gasteiger partial charge in [-0.25, -0.2) is 4.98 Å². The van der Waals surface area contributed by atoms with Gasteiger partial charge in [0.2, 0.25) is 0 Å². The Labute approximate surface area is 121 Å². The second-order valence-corrected chi connectivity index (χ2v) is 5.84. The summed E-state index contributed by atoms with van der Waals surface area (Å²) < 4.78 is 0. The molecular formula is C15H16N4S. The molecule has 4 nitrogen and oxygen atoms in total. The summed E-state index contributed by atoms with van der Waals surface area (Å²) >= 11 is 1.59. The molecule has 102 valence electrons. The smallest absolute Gasteiger partial charge is 0.180 e. The molecule has 0 aliphatic rings. The fourth-order valence-corrected chi connectivity index (χ4v) is 3.19. The molecule has 2 N–H and O–H groups in total. The molecule has 0 saturated heterocycles. The van der Waals surface area contributed by atoms with Crippen LogP contribution in [0.25, 0.3) is 11.0 Å². The molecule has 0 aliphatic carbocycles. The lowest BCUT2D eigenvalue weighted by molar-refractivity contribution is 0.879. The molecule has 0 atom stereocenters. The monoisotopic (exact) mass is 284 g/mol. The Hall–Kier alpha value is -2.01. The second kappa shape index (κ2) is 5.54. The number of fused-ring (bicyclic) bond motifs is 1. The first kappa shape index (κ1) is 13.0. The van der Waals surface area contributed by atoms with Crippen LogP contribution in [-0.4, -0.2) is 15.0 Å². The molecule has 0 unspecified atom stereocenters. The number of aryl methyl sites for hydroxylation is 1. The van der Waals surface area contributed by atoms with Gasteiger partial charge in [-0.15, -0.1) is 11.3 Å². The molecule has 20 heavy (non-hydrogen) atoms. The summed E-state index contributed by atoms with van der Waals surface area (Å²) in [4.78, 5) is 14.3. The summed E-state index contributed by atoms with van der Waals surface area (Å²) in [5, 5.41) is 0.657. The molecule has 3 rings (SSSR count). The molecule has 0 bridgehead atoms. The number of rotatable bonds is 4. The average Bonchev–Trinajstić information content (AvgIpc) is 2.79.